The van der Waals surface area contributed by atoms with Gasteiger partial charge in [0.05, 0.1) is 12.8 Å². The highest BCUT2D eigenvalue weighted by molar-refractivity contribution is 6.30. The van der Waals surface area contributed by atoms with E-state index in [9.17, 15) is 4.39 Å². The molecule has 0 aliphatic carbocycles. The van der Waals surface area contributed by atoms with Gasteiger partial charge in [-0.3, -0.25) is 0 Å². The summed E-state index contributed by atoms with van der Waals surface area (Å²) in [6, 6.07) is 4.94. The predicted molar refractivity (Wildman–Crippen MR) is 73.1 cm³/mol. The van der Waals surface area contributed by atoms with Crippen LogP contribution in [0.3, 0.4) is 0 Å². The molecule has 0 saturated carbocycles. The average molecular weight is 281 g/mol. The lowest BCUT2D eigenvalue weighted by Gasteiger charge is -2.11. The Morgan fingerprint density at radius 1 is 1.32 bits per heavy atom. The van der Waals surface area contributed by atoms with Gasteiger partial charge in [0.2, 0.25) is 0 Å². The van der Waals surface area contributed by atoms with Crippen LogP contribution in [0.5, 0.6) is 5.75 Å². The number of aryl methyl sites for hydroxylation is 1. The molecule has 0 atom stereocenters. The summed E-state index contributed by atoms with van der Waals surface area (Å²) < 4.78 is 19.3. The van der Waals surface area contributed by atoms with Crippen molar-refractivity contribution in [3.8, 4) is 17.0 Å². The van der Waals surface area contributed by atoms with E-state index in [2.05, 4.69) is 9.97 Å². The number of hydrogen-bond donors (Lipinski definition) is 0. The second-order valence-electron chi connectivity index (χ2n) is 4.08. The molecule has 0 saturated heterocycles. The molecule has 3 nitrogen and oxygen atoms in total. The molecule has 5 heteroatoms. The zero-order valence-electron chi connectivity index (χ0n) is 11.0. The van der Waals surface area contributed by atoms with Crippen molar-refractivity contribution in [3.63, 3.8) is 0 Å². The summed E-state index contributed by atoms with van der Waals surface area (Å²) in [6.45, 7) is 3.70. The molecule has 0 N–H and O–H groups in total. The topological polar surface area (TPSA) is 35.0 Å². The number of methoxy groups -OCH3 is 1. The van der Waals surface area contributed by atoms with Gasteiger partial charge in [-0.25, -0.2) is 14.4 Å². The summed E-state index contributed by atoms with van der Waals surface area (Å²) in [4.78, 5) is 8.52. The van der Waals surface area contributed by atoms with Crippen molar-refractivity contribution in [1.82, 2.24) is 9.97 Å². The van der Waals surface area contributed by atoms with Gasteiger partial charge in [-0.05, 0) is 19.1 Å². The summed E-state index contributed by atoms with van der Waals surface area (Å²) in [5, 5.41) is 0.351. The first-order chi connectivity index (χ1) is 9.08. The van der Waals surface area contributed by atoms with Crippen LogP contribution in [-0.2, 0) is 6.42 Å². The highest BCUT2D eigenvalue weighted by Gasteiger charge is 2.16. The van der Waals surface area contributed by atoms with Gasteiger partial charge in [0.1, 0.15) is 11.0 Å². The van der Waals surface area contributed by atoms with Crippen LogP contribution in [0, 0.1) is 12.7 Å². The fourth-order valence-electron chi connectivity index (χ4n) is 1.80. The van der Waals surface area contributed by atoms with Gasteiger partial charge in [-0.2, -0.15) is 0 Å². The average Bonchev–Trinajstić information content (AvgIpc) is 2.42. The maximum Gasteiger partial charge on any atom is 0.174 e. The lowest BCUT2D eigenvalue weighted by Crippen LogP contribution is -2.01. The Labute approximate surface area is 116 Å². The van der Waals surface area contributed by atoms with E-state index in [1.165, 1.54) is 7.11 Å². The smallest absolute Gasteiger partial charge is 0.174 e. The van der Waals surface area contributed by atoms with Gasteiger partial charge in [0, 0.05) is 17.5 Å². The lowest BCUT2D eigenvalue weighted by molar-refractivity contribution is 0.387. The number of aromatic nitrogens is 2. The van der Waals surface area contributed by atoms with Crippen LogP contribution in [0.15, 0.2) is 18.2 Å². The molecule has 2 aromatic rings. The van der Waals surface area contributed by atoms with Gasteiger partial charge in [-0.15, -0.1) is 0 Å². The van der Waals surface area contributed by atoms with Crippen LogP contribution < -0.4 is 4.74 Å². The Morgan fingerprint density at radius 2 is 2.05 bits per heavy atom. The first-order valence-electron chi connectivity index (χ1n) is 5.94. The highest BCUT2D eigenvalue weighted by Crippen LogP contribution is 2.31. The molecule has 2 rings (SSSR count). The maximum atomic E-state index is 14.3. The molecular formula is C14H14ClFN2O. The van der Waals surface area contributed by atoms with Crippen molar-refractivity contribution in [2.75, 3.05) is 7.11 Å². The zero-order chi connectivity index (χ0) is 14.0. The standard InChI is InChI=1S/C14H14ClFN2O/c1-4-11-17-13(8(2)14(15)18-11)9-6-5-7-10(19-3)12(9)16/h5-7H,4H2,1-3H3. The van der Waals surface area contributed by atoms with Gasteiger partial charge < -0.3 is 4.74 Å². The first kappa shape index (κ1) is 13.7. The third-order valence-corrected chi connectivity index (χ3v) is 3.26. The number of halogens is 2. The molecule has 1 aromatic carbocycles. The minimum atomic E-state index is -0.440. The number of rotatable bonds is 3. The summed E-state index contributed by atoms with van der Waals surface area (Å²) in [5.41, 5.74) is 1.54. The monoisotopic (exact) mass is 280 g/mol. The van der Waals surface area contributed by atoms with Crippen molar-refractivity contribution in [2.45, 2.75) is 20.3 Å². The Bertz CT molecular complexity index is 617. The number of hydrogen-bond acceptors (Lipinski definition) is 3. The van der Waals surface area contributed by atoms with E-state index < -0.39 is 5.82 Å². The van der Waals surface area contributed by atoms with Crippen LogP contribution in [0.25, 0.3) is 11.3 Å². The van der Waals surface area contributed by atoms with E-state index >= 15 is 0 Å². The van der Waals surface area contributed by atoms with Gasteiger partial charge in [0.25, 0.3) is 0 Å². The Morgan fingerprint density at radius 3 is 2.68 bits per heavy atom. The summed E-state index contributed by atoms with van der Waals surface area (Å²) >= 11 is 6.07. The van der Waals surface area contributed by atoms with Gasteiger partial charge in [0.15, 0.2) is 11.6 Å². The highest BCUT2D eigenvalue weighted by atomic mass is 35.5. The fraction of sp³-hybridized carbons (Fsp3) is 0.286. The summed E-state index contributed by atoms with van der Waals surface area (Å²) in [5.74, 6) is 0.336. The Kier molecular flexibility index (Phi) is 4.00. The van der Waals surface area contributed by atoms with E-state index in [1.807, 2.05) is 6.92 Å². The first-order valence-corrected chi connectivity index (χ1v) is 6.32. The molecule has 0 fully saturated rings. The normalized spacial score (nSPS) is 10.6. The molecule has 0 unspecified atom stereocenters. The Hall–Kier alpha value is -1.68. The van der Waals surface area contributed by atoms with Crippen LogP contribution in [0.1, 0.15) is 18.3 Å². The molecule has 0 amide bonds. The van der Waals surface area contributed by atoms with Crippen LogP contribution in [0.2, 0.25) is 5.15 Å². The van der Waals surface area contributed by atoms with Crippen molar-refractivity contribution in [1.29, 1.82) is 0 Å². The van der Waals surface area contributed by atoms with Crippen molar-refractivity contribution in [2.24, 2.45) is 0 Å². The maximum absolute atomic E-state index is 14.3. The van der Waals surface area contributed by atoms with Gasteiger partial charge >= 0.3 is 0 Å². The molecule has 19 heavy (non-hydrogen) atoms. The third-order valence-electron chi connectivity index (χ3n) is 2.89. The summed E-state index contributed by atoms with van der Waals surface area (Å²) in [7, 11) is 1.43. The SMILES string of the molecule is CCc1nc(Cl)c(C)c(-c2cccc(OC)c2F)n1. The van der Waals surface area contributed by atoms with Crippen molar-refractivity contribution in [3.05, 3.63) is 40.6 Å². The molecule has 0 radical (unpaired) electrons. The third kappa shape index (κ3) is 2.54. The van der Waals surface area contributed by atoms with Crippen molar-refractivity contribution >= 4 is 11.6 Å². The molecule has 1 heterocycles. The quantitative estimate of drug-likeness (QED) is 0.802. The Balaban J connectivity index is 2.68. The zero-order valence-corrected chi connectivity index (χ0v) is 11.8. The van der Waals surface area contributed by atoms with E-state index in [0.717, 1.165) is 0 Å². The van der Waals surface area contributed by atoms with Crippen LogP contribution in [0.4, 0.5) is 4.39 Å². The van der Waals surface area contributed by atoms with Crippen molar-refractivity contribution < 1.29 is 9.13 Å². The molecule has 0 spiro atoms. The van der Waals surface area contributed by atoms with E-state index in [-0.39, 0.29) is 5.75 Å². The largest absolute Gasteiger partial charge is 0.494 e. The second-order valence-corrected chi connectivity index (χ2v) is 4.44. The molecule has 0 bridgehead atoms. The fourth-order valence-corrected chi connectivity index (χ4v) is 1.99. The van der Waals surface area contributed by atoms with Crippen LogP contribution in [-0.4, -0.2) is 17.1 Å². The van der Waals surface area contributed by atoms with E-state index in [1.54, 1.807) is 25.1 Å². The molecule has 100 valence electrons. The van der Waals surface area contributed by atoms with Gasteiger partial charge in [-0.1, -0.05) is 24.6 Å². The van der Waals surface area contributed by atoms with E-state index in [4.69, 9.17) is 16.3 Å². The number of benzene rings is 1. The second kappa shape index (κ2) is 5.53. The predicted octanol–water partition coefficient (Wildman–Crippen LogP) is 3.82. The van der Waals surface area contributed by atoms with Crippen LogP contribution >= 0.6 is 11.6 Å². The molecule has 0 aliphatic heterocycles. The molecule has 0 aliphatic rings. The minimum Gasteiger partial charge on any atom is -0.494 e. The molecule has 1 aromatic heterocycles. The lowest BCUT2D eigenvalue weighted by atomic mass is 10.1. The number of ether oxygens (including phenoxy) is 1. The number of nitrogens with zero attached hydrogens (tertiary/aromatic N) is 2. The minimum absolute atomic E-state index is 0.185. The molecular weight excluding hydrogens is 267 g/mol. The van der Waals surface area contributed by atoms with E-state index in [0.29, 0.717) is 34.2 Å². The summed E-state index contributed by atoms with van der Waals surface area (Å²) in [6.07, 6.45) is 0.637.